The minimum Gasteiger partial charge on any atom is -0.392 e. The third kappa shape index (κ3) is 3.09. The Kier molecular flexibility index (Phi) is 4.89. The van der Waals surface area contributed by atoms with E-state index in [-0.39, 0.29) is 11.6 Å². The van der Waals surface area contributed by atoms with Gasteiger partial charge >= 0.3 is 0 Å². The molecule has 0 spiro atoms. The first-order valence-corrected chi connectivity index (χ1v) is 7.35. The van der Waals surface area contributed by atoms with Crippen LogP contribution in [0.2, 0.25) is 0 Å². The second-order valence-electron chi connectivity index (χ2n) is 4.80. The Balaban J connectivity index is 2.98. The van der Waals surface area contributed by atoms with E-state index in [0.717, 1.165) is 6.42 Å². The van der Waals surface area contributed by atoms with Gasteiger partial charge in [-0.05, 0) is 19.3 Å². The molecule has 0 saturated carbocycles. The van der Waals surface area contributed by atoms with E-state index < -0.39 is 10.0 Å². The van der Waals surface area contributed by atoms with Crippen LogP contribution in [0.4, 0.5) is 0 Å². The first-order valence-electron chi connectivity index (χ1n) is 5.91. The van der Waals surface area contributed by atoms with Crippen molar-refractivity contribution in [3.05, 3.63) is 11.3 Å². The van der Waals surface area contributed by atoms with Crippen molar-refractivity contribution in [2.45, 2.75) is 38.8 Å². The summed E-state index contributed by atoms with van der Waals surface area (Å²) in [6, 6.07) is 0. The van der Waals surface area contributed by atoms with E-state index in [9.17, 15) is 13.5 Å². The van der Waals surface area contributed by atoms with E-state index >= 15 is 0 Å². The van der Waals surface area contributed by atoms with Gasteiger partial charge in [-0.2, -0.15) is 9.40 Å². The maximum atomic E-state index is 12.3. The van der Waals surface area contributed by atoms with E-state index in [2.05, 4.69) is 10.2 Å². The van der Waals surface area contributed by atoms with Gasteiger partial charge in [0.2, 0.25) is 0 Å². The largest absolute Gasteiger partial charge is 0.392 e. The molecule has 0 aromatic carbocycles. The van der Waals surface area contributed by atoms with Crippen molar-refractivity contribution in [1.82, 2.24) is 14.5 Å². The Labute approximate surface area is 108 Å². The van der Waals surface area contributed by atoms with Crippen molar-refractivity contribution in [2.75, 3.05) is 13.6 Å². The molecule has 0 bridgehead atoms. The maximum absolute atomic E-state index is 12.3. The predicted molar refractivity (Wildman–Crippen MR) is 68.5 cm³/mol. The SMILES string of the molecule is Cc1[nH]nc(S(=O)(=O)N(C)CCC(C)C)c1CO. The molecule has 0 radical (unpaired) electrons. The number of aliphatic hydroxyl groups is 1. The Morgan fingerprint density at radius 1 is 1.44 bits per heavy atom. The molecule has 1 rings (SSSR count). The molecule has 6 nitrogen and oxygen atoms in total. The molecule has 104 valence electrons. The number of nitrogens with zero attached hydrogens (tertiary/aromatic N) is 2. The van der Waals surface area contributed by atoms with Crippen LogP contribution in [-0.4, -0.2) is 41.6 Å². The highest BCUT2D eigenvalue weighted by Gasteiger charge is 2.27. The van der Waals surface area contributed by atoms with E-state index in [1.807, 2.05) is 13.8 Å². The molecular formula is C11H21N3O3S. The molecule has 0 aliphatic heterocycles. The molecule has 2 N–H and O–H groups in total. The monoisotopic (exact) mass is 275 g/mol. The van der Waals surface area contributed by atoms with Crippen molar-refractivity contribution in [3.8, 4) is 0 Å². The van der Waals surface area contributed by atoms with E-state index in [1.54, 1.807) is 6.92 Å². The summed E-state index contributed by atoms with van der Waals surface area (Å²) < 4.78 is 25.8. The van der Waals surface area contributed by atoms with Gasteiger partial charge in [0.15, 0.2) is 5.03 Å². The van der Waals surface area contributed by atoms with Crippen LogP contribution in [-0.2, 0) is 16.6 Å². The minimum atomic E-state index is -3.63. The molecule has 0 amide bonds. The molecule has 0 saturated heterocycles. The van der Waals surface area contributed by atoms with Gasteiger partial charge in [-0.25, -0.2) is 8.42 Å². The summed E-state index contributed by atoms with van der Waals surface area (Å²) in [6.07, 6.45) is 0.785. The van der Waals surface area contributed by atoms with Crippen LogP contribution in [0, 0.1) is 12.8 Å². The van der Waals surface area contributed by atoms with Crippen LogP contribution < -0.4 is 0 Å². The lowest BCUT2D eigenvalue weighted by Crippen LogP contribution is -2.29. The van der Waals surface area contributed by atoms with E-state index in [1.165, 1.54) is 11.4 Å². The van der Waals surface area contributed by atoms with Crippen LogP contribution in [0.25, 0.3) is 0 Å². The Morgan fingerprint density at radius 2 is 2.06 bits per heavy atom. The third-order valence-electron chi connectivity index (χ3n) is 2.87. The molecule has 1 aromatic heterocycles. The summed E-state index contributed by atoms with van der Waals surface area (Å²) in [5, 5.41) is 15.5. The third-order valence-corrected chi connectivity index (χ3v) is 4.70. The second-order valence-corrected chi connectivity index (χ2v) is 6.76. The van der Waals surface area contributed by atoms with Crippen LogP contribution in [0.5, 0.6) is 0 Å². The first kappa shape index (κ1) is 15.1. The van der Waals surface area contributed by atoms with Crippen molar-refractivity contribution in [3.63, 3.8) is 0 Å². The molecule has 0 aliphatic rings. The fourth-order valence-corrected chi connectivity index (χ4v) is 2.87. The minimum absolute atomic E-state index is 0.0752. The van der Waals surface area contributed by atoms with Gasteiger partial charge < -0.3 is 5.11 Å². The molecule has 7 heteroatoms. The lowest BCUT2D eigenvalue weighted by Gasteiger charge is -2.17. The van der Waals surface area contributed by atoms with Crippen LogP contribution >= 0.6 is 0 Å². The van der Waals surface area contributed by atoms with Crippen LogP contribution in [0.3, 0.4) is 0 Å². The van der Waals surface area contributed by atoms with Crippen LogP contribution in [0.15, 0.2) is 5.03 Å². The summed E-state index contributed by atoms with van der Waals surface area (Å²) in [7, 11) is -2.09. The summed E-state index contributed by atoms with van der Waals surface area (Å²) in [4.78, 5) is 0. The summed E-state index contributed by atoms with van der Waals surface area (Å²) in [6.45, 7) is 5.87. The number of aromatic amines is 1. The highest BCUT2D eigenvalue weighted by Crippen LogP contribution is 2.20. The zero-order valence-corrected chi connectivity index (χ0v) is 12.1. The van der Waals surface area contributed by atoms with Gasteiger partial charge in [0, 0.05) is 24.8 Å². The summed E-state index contributed by atoms with van der Waals surface area (Å²) in [5.41, 5.74) is 0.916. The number of H-pyrrole nitrogens is 1. The number of aromatic nitrogens is 2. The number of aryl methyl sites for hydroxylation is 1. The molecule has 0 fully saturated rings. The molecule has 0 atom stereocenters. The normalized spacial score (nSPS) is 12.6. The van der Waals surface area contributed by atoms with Gasteiger partial charge in [-0.3, -0.25) is 5.10 Å². The van der Waals surface area contributed by atoms with Gasteiger partial charge in [0.25, 0.3) is 10.0 Å². The van der Waals surface area contributed by atoms with Crippen molar-refractivity contribution < 1.29 is 13.5 Å². The fraction of sp³-hybridized carbons (Fsp3) is 0.727. The van der Waals surface area contributed by atoms with Crippen LogP contribution in [0.1, 0.15) is 31.5 Å². The number of hydrogen-bond donors (Lipinski definition) is 2. The number of aliphatic hydroxyl groups excluding tert-OH is 1. The fourth-order valence-electron chi connectivity index (χ4n) is 1.54. The highest BCUT2D eigenvalue weighted by molar-refractivity contribution is 7.89. The average Bonchev–Trinajstić information content (AvgIpc) is 2.67. The number of nitrogens with one attached hydrogen (secondary N) is 1. The van der Waals surface area contributed by atoms with Gasteiger partial charge in [-0.1, -0.05) is 13.8 Å². The van der Waals surface area contributed by atoms with Crippen molar-refractivity contribution >= 4 is 10.0 Å². The number of rotatable bonds is 6. The lowest BCUT2D eigenvalue weighted by molar-refractivity contribution is 0.277. The zero-order valence-electron chi connectivity index (χ0n) is 11.3. The second kappa shape index (κ2) is 5.81. The highest BCUT2D eigenvalue weighted by atomic mass is 32.2. The van der Waals surface area contributed by atoms with Gasteiger partial charge in [0.05, 0.1) is 6.61 Å². The summed E-state index contributed by atoms with van der Waals surface area (Å²) in [5.74, 6) is 0.431. The quantitative estimate of drug-likeness (QED) is 0.807. The molecule has 1 heterocycles. The Bertz CT molecular complexity index is 494. The smallest absolute Gasteiger partial charge is 0.262 e. The van der Waals surface area contributed by atoms with Crippen molar-refractivity contribution in [1.29, 1.82) is 0 Å². The average molecular weight is 275 g/mol. The molecule has 18 heavy (non-hydrogen) atoms. The van der Waals surface area contributed by atoms with E-state index in [4.69, 9.17) is 0 Å². The molecule has 1 aromatic rings. The topological polar surface area (TPSA) is 86.3 Å². The summed E-state index contributed by atoms with van der Waals surface area (Å²) >= 11 is 0. The number of sulfonamides is 1. The lowest BCUT2D eigenvalue weighted by atomic mass is 10.1. The molecule has 0 unspecified atom stereocenters. The standard InChI is InChI=1S/C11H21N3O3S/c1-8(2)5-6-14(4)18(16,17)11-10(7-15)9(3)12-13-11/h8,15H,5-7H2,1-4H3,(H,12,13). The maximum Gasteiger partial charge on any atom is 0.262 e. The first-order chi connectivity index (χ1) is 8.30. The number of hydrogen-bond acceptors (Lipinski definition) is 4. The van der Waals surface area contributed by atoms with E-state index in [0.29, 0.717) is 23.7 Å². The Hall–Kier alpha value is -0.920. The Morgan fingerprint density at radius 3 is 2.56 bits per heavy atom. The molecule has 0 aliphatic carbocycles. The predicted octanol–water partition coefficient (Wildman–Crippen LogP) is 0.877. The molecular weight excluding hydrogens is 254 g/mol. The van der Waals surface area contributed by atoms with Crippen molar-refractivity contribution in [2.24, 2.45) is 5.92 Å². The van der Waals surface area contributed by atoms with Gasteiger partial charge in [0.1, 0.15) is 0 Å². The van der Waals surface area contributed by atoms with Gasteiger partial charge in [-0.15, -0.1) is 0 Å². The zero-order chi connectivity index (χ0) is 13.9.